The van der Waals surface area contributed by atoms with Gasteiger partial charge >= 0.3 is 105 Å². The first-order valence-electron chi connectivity index (χ1n) is 11.3. The zero-order valence-corrected chi connectivity index (χ0v) is 24.3. The van der Waals surface area contributed by atoms with Gasteiger partial charge in [0.1, 0.15) is 0 Å². The molecule has 0 spiro atoms. The normalized spacial score (nSPS) is 17.1. The quantitative estimate of drug-likeness (QED) is 0.121. The van der Waals surface area contributed by atoms with Crippen LogP contribution in [-0.2, 0) is 13.3 Å². The third-order valence-corrected chi connectivity index (χ3v) is 8.41. The van der Waals surface area contributed by atoms with E-state index in [1.165, 1.54) is 13.3 Å². The number of hydrogen-bond donors (Lipinski definition) is 0. The first kappa shape index (κ1) is 53.6. The molecular formula is C16F36O3Si. The van der Waals surface area contributed by atoms with Gasteiger partial charge in [-0.2, -0.15) is 119 Å². The van der Waals surface area contributed by atoms with Gasteiger partial charge in [-0.1, -0.05) is 0 Å². The van der Waals surface area contributed by atoms with Crippen molar-refractivity contribution >= 4 is 8.80 Å². The van der Waals surface area contributed by atoms with Gasteiger partial charge in [0.05, 0.1) is 0 Å². The van der Waals surface area contributed by atoms with Gasteiger partial charge in [-0.25, -0.2) is 0 Å². The number of rotatable bonds is 15. The fourth-order valence-corrected chi connectivity index (χ4v) is 5.02. The van der Waals surface area contributed by atoms with E-state index >= 15 is 0 Å². The van der Waals surface area contributed by atoms with Crippen molar-refractivity contribution in [3.05, 3.63) is 0 Å². The predicted octanol–water partition coefficient (Wildman–Crippen LogP) is 11.3. The maximum Gasteiger partial charge on any atom is 0.601 e. The molecule has 0 radical (unpaired) electrons. The van der Waals surface area contributed by atoms with Gasteiger partial charge in [0, 0.05) is 0 Å². The van der Waals surface area contributed by atoms with Gasteiger partial charge in [-0.3, -0.25) is 13.3 Å². The molecule has 0 saturated heterocycles. The van der Waals surface area contributed by atoms with Crippen LogP contribution < -0.4 is 0 Å². The lowest BCUT2D eigenvalue weighted by molar-refractivity contribution is -0.485. The Bertz CT molecular complexity index is 1350. The van der Waals surface area contributed by atoms with Crippen LogP contribution >= 0.6 is 0 Å². The van der Waals surface area contributed by atoms with Crippen molar-refractivity contribution in [2.24, 2.45) is 0 Å². The topological polar surface area (TPSA) is 27.7 Å². The Morgan fingerprint density at radius 1 is 0.196 bits per heavy atom. The molecule has 40 heteroatoms. The third-order valence-electron chi connectivity index (χ3n) is 5.83. The SMILES string of the molecule is FC(F)(F)O[Si](OC(F)(F)F)(OC(F)(F)F)C(F)(F)C(F)(F)C(F)(F)C(F)(F)C(F)(F)C(F)(F)C(F)(F)C(F)(F)C(F)(F)C(F)(F)C(F)(F)C(F)(F)C(F)(F)F. The third kappa shape index (κ3) is 7.51. The molecule has 338 valence electrons. The van der Waals surface area contributed by atoms with Crippen LogP contribution in [-0.4, -0.2) is 105 Å². The van der Waals surface area contributed by atoms with E-state index in [1.54, 1.807) is 0 Å². The molecule has 0 saturated carbocycles. The molecule has 0 aromatic rings. The summed E-state index contributed by atoms with van der Waals surface area (Å²) in [5.41, 5.74) is -9.60. The number of hydrogen-bond acceptors (Lipinski definition) is 3. The average molecular weight is 952 g/mol. The standard InChI is InChI=1S/C16F36O3Si/c17-1(18,2(19,20)4(23,24)6(27,28)8(31,32)10(35,36)12(39,40)41)3(21,22)5(25,26)7(29,30)9(33,34)11(37,38)13(42,43)56(53-14(44,45)46,54-15(47,48)49)55-16(50,51)52. The molecule has 56 heavy (non-hydrogen) atoms. The van der Waals surface area contributed by atoms with Gasteiger partial charge in [0.25, 0.3) is 0 Å². The van der Waals surface area contributed by atoms with Crippen molar-refractivity contribution < 1.29 is 171 Å². The maximum atomic E-state index is 14.4. The van der Waals surface area contributed by atoms with Crippen LogP contribution in [0, 0.1) is 0 Å². The lowest BCUT2D eigenvalue weighted by atomic mass is 9.84. The molecule has 0 fully saturated rings. The van der Waals surface area contributed by atoms with Crippen LogP contribution in [0.2, 0.25) is 0 Å². The van der Waals surface area contributed by atoms with E-state index in [2.05, 4.69) is 0 Å². The summed E-state index contributed by atoms with van der Waals surface area (Å²) >= 11 is 0. The minimum absolute atomic E-state index is 1.18. The van der Waals surface area contributed by atoms with E-state index in [1.807, 2.05) is 0 Å². The largest absolute Gasteiger partial charge is 0.601 e. The summed E-state index contributed by atoms with van der Waals surface area (Å²) in [7, 11) is -10.9. The van der Waals surface area contributed by atoms with Crippen molar-refractivity contribution in [1.29, 1.82) is 0 Å². The summed E-state index contributed by atoms with van der Waals surface area (Å²) < 4.78 is 482. The Kier molecular flexibility index (Phi) is 12.7. The molecule has 0 atom stereocenters. The highest BCUT2D eigenvalue weighted by molar-refractivity contribution is 6.64. The maximum absolute atomic E-state index is 14.4. The Balaban J connectivity index is 8.06. The minimum atomic E-state index is -10.9. The van der Waals surface area contributed by atoms with Crippen LogP contribution in [0.25, 0.3) is 0 Å². The molecule has 0 aromatic carbocycles. The smallest absolute Gasteiger partial charge is 0.280 e. The van der Waals surface area contributed by atoms with Crippen molar-refractivity contribution in [3.8, 4) is 0 Å². The highest BCUT2D eigenvalue weighted by Crippen LogP contribution is 2.69. The lowest BCUT2D eigenvalue weighted by Gasteiger charge is -2.46. The highest BCUT2D eigenvalue weighted by atomic mass is 28.4. The zero-order valence-electron chi connectivity index (χ0n) is 23.3. The molecular weight excluding hydrogens is 952 g/mol. The van der Waals surface area contributed by atoms with E-state index in [9.17, 15) is 158 Å². The summed E-state index contributed by atoms with van der Waals surface area (Å²) in [5.74, 6) is -110. The van der Waals surface area contributed by atoms with Gasteiger partial charge in [0.15, 0.2) is 0 Å². The van der Waals surface area contributed by atoms with E-state index in [-0.39, 0.29) is 0 Å². The summed E-state index contributed by atoms with van der Waals surface area (Å²) in [6.45, 7) is 0. The zero-order chi connectivity index (χ0) is 46.6. The van der Waals surface area contributed by atoms with E-state index < -0.39 is 105 Å². The Labute approximate surface area is 277 Å². The Morgan fingerprint density at radius 3 is 0.482 bits per heavy atom. The lowest BCUT2D eigenvalue weighted by Crippen LogP contribution is -2.81. The Hall–Kier alpha value is -2.42. The molecule has 0 aliphatic heterocycles. The molecule has 0 aliphatic carbocycles. The van der Waals surface area contributed by atoms with E-state index in [0.717, 1.165) is 0 Å². The number of alkyl halides is 36. The van der Waals surface area contributed by atoms with E-state index in [0.29, 0.717) is 0 Å². The molecule has 0 unspecified atom stereocenters. The second-order valence-electron chi connectivity index (χ2n) is 9.59. The van der Waals surface area contributed by atoms with Gasteiger partial charge < -0.3 is 0 Å². The van der Waals surface area contributed by atoms with Crippen molar-refractivity contribution in [2.75, 3.05) is 0 Å². The number of halogens is 36. The van der Waals surface area contributed by atoms with Crippen molar-refractivity contribution in [2.45, 2.75) is 96.0 Å². The first-order chi connectivity index (χ1) is 23.4. The van der Waals surface area contributed by atoms with Crippen LogP contribution in [0.3, 0.4) is 0 Å². The predicted molar refractivity (Wildman–Crippen MR) is 92.6 cm³/mol. The molecule has 3 nitrogen and oxygen atoms in total. The summed E-state index contributed by atoms with van der Waals surface area (Å²) in [6, 6.07) is 0. The van der Waals surface area contributed by atoms with Crippen LogP contribution in [0.4, 0.5) is 158 Å². The van der Waals surface area contributed by atoms with Crippen molar-refractivity contribution in [1.82, 2.24) is 0 Å². The summed E-state index contributed by atoms with van der Waals surface area (Å²) in [5, 5.41) is 0. The molecule has 0 amide bonds. The monoisotopic (exact) mass is 952 g/mol. The second-order valence-corrected chi connectivity index (χ2v) is 11.9. The molecule has 0 heterocycles. The van der Waals surface area contributed by atoms with Crippen molar-refractivity contribution in [3.63, 3.8) is 0 Å². The Morgan fingerprint density at radius 2 is 0.339 bits per heavy atom. The molecule has 0 N–H and O–H groups in total. The minimum Gasteiger partial charge on any atom is -0.280 e. The molecule has 0 rings (SSSR count). The van der Waals surface area contributed by atoms with Crippen LogP contribution in [0.5, 0.6) is 0 Å². The van der Waals surface area contributed by atoms with E-state index in [4.69, 9.17) is 0 Å². The average Bonchev–Trinajstić information content (AvgIpc) is 2.87. The molecule has 0 aliphatic rings. The van der Waals surface area contributed by atoms with Gasteiger partial charge in [-0.05, 0) is 0 Å². The van der Waals surface area contributed by atoms with Crippen LogP contribution in [0.15, 0.2) is 0 Å². The summed E-state index contributed by atoms with van der Waals surface area (Å²) in [4.78, 5) is 0. The fraction of sp³-hybridized carbons (Fsp3) is 1.00. The fourth-order valence-electron chi connectivity index (χ4n) is 3.05. The molecule has 0 aromatic heterocycles. The summed E-state index contributed by atoms with van der Waals surface area (Å²) in [6.07, 6.45) is -32.3. The molecule has 0 bridgehead atoms. The van der Waals surface area contributed by atoms with Crippen LogP contribution in [0.1, 0.15) is 0 Å². The second kappa shape index (κ2) is 13.3. The highest BCUT2D eigenvalue weighted by Gasteiger charge is 3.01. The van der Waals surface area contributed by atoms with Gasteiger partial charge in [-0.15, -0.1) is 39.5 Å². The first-order valence-corrected chi connectivity index (χ1v) is 13.0. The van der Waals surface area contributed by atoms with Gasteiger partial charge in [0.2, 0.25) is 0 Å².